The van der Waals surface area contributed by atoms with Crippen LogP contribution in [0.1, 0.15) is 29.6 Å². The smallest absolute Gasteiger partial charge is 0.337 e. The molecule has 1 aliphatic heterocycles. The van der Waals surface area contributed by atoms with E-state index >= 15 is 0 Å². The zero-order chi connectivity index (χ0) is 25.0. The number of likely N-dealkylation sites (tertiary alicyclic amines) is 1. The second kappa shape index (κ2) is 10.3. The SMILES string of the molecule is COC(=O)c1ccc(NC(=O)CS(=O)(=O)c2cn(CC(=O)N3CCCCC3)c3ccccc23)cc1. The highest BCUT2D eigenvalue weighted by molar-refractivity contribution is 7.92. The number of nitrogens with one attached hydrogen (secondary N) is 1. The van der Waals surface area contributed by atoms with Crippen molar-refractivity contribution in [2.75, 3.05) is 31.3 Å². The Bertz CT molecular complexity index is 1360. The Morgan fingerprint density at radius 2 is 1.66 bits per heavy atom. The summed E-state index contributed by atoms with van der Waals surface area (Å²) in [5.41, 5.74) is 1.28. The molecule has 1 aromatic heterocycles. The Morgan fingerprint density at radius 1 is 0.971 bits per heavy atom. The second-order valence-electron chi connectivity index (χ2n) is 8.46. The summed E-state index contributed by atoms with van der Waals surface area (Å²) in [6.45, 7) is 1.46. The number of nitrogens with zero attached hydrogens (tertiary/aromatic N) is 2. The van der Waals surface area contributed by atoms with E-state index in [4.69, 9.17) is 0 Å². The number of aromatic nitrogens is 1. The number of hydrogen-bond acceptors (Lipinski definition) is 6. The van der Waals surface area contributed by atoms with E-state index in [2.05, 4.69) is 10.1 Å². The van der Waals surface area contributed by atoms with E-state index in [0.29, 0.717) is 35.2 Å². The molecular formula is C25H27N3O6S. The zero-order valence-electron chi connectivity index (χ0n) is 19.4. The number of ether oxygens (including phenoxy) is 1. The van der Waals surface area contributed by atoms with Gasteiger partial charge in [0, 0.05) is 35.9 Å². The molecule has 2 heterocycles. The fourth-order valence-electron chi connectivity index (χ4n) is 4.24. The van der Waals surface area contributed by atoms with Crippen molar-refractivity contribution >= 4 is 44.2 Å². The van der Waals surface area contributed by atoms with E-state index in [0.717, 1.165) is 19.3 Å². The summed E-state index contributed by atoms with van der Waals surface area (Å²) in [5, 5.41) is 3.01. The fourth-order valence-corrected chi connectivity index (χ4v) is 5.60. The molecule has 0 bridgehead atoms. The number of amides is 2. The number of carbonyl (C=O) groups is 3. The first-order valence-electron chi connectivity index (χ1n) is 11.3. The van der Waals surface area contributed by atoms with Crippen molar-refractivity contribution in [1.29, 1.82) is 0 Å². The normalized spacial score (nSPS) is 14.0. The molecule has 10 heteroatoms. The van der Waals surface area contributed by atoms with Crippen molar-refractivity contribution in [3.63, 3.8) is 0 Å². The molecule has 0 radical (unpaired) electrons. The highest BCUT2D eigenvalue weighted by Crippen LogP contribution is 2.27. The van der Waals surface area contributed by atoms with Gasteiger partial charge in [0.1, 0.15) is 12.3 Å². The van der Waals surface area contributed by atoms with Gasteiger partial charge in [0.15, 0.2) is 9.84 Å². The van der Waals surface area contributed by atoms with Crippen LogP contribution in [-0.2, 0) is 30.7 Å². The molecule has 2 amide bonds. The molecule has 9 nitrogen and oxygen atoms in total. The summed E-state index contributed by atoms with van der Waals surface area (Å²) >= 11 is 0. The number of fused-ring (bicyclic) bond motifs is 1. The maximum absolute atomic E-state index is 13.2. The van der Waals surface area contributed by atoms with Gasteiger partial charge < -0.3 is 19.5 Å². The molecule has 4 rings (SSSR count). The van der Waals surface area contributed by atoms with E-state index in [9.17, 15) is 22.8 Å². The zero-order valence-corrected chi connectivity index (χ0v) is 20.2. The lowest BCUT2D eigenvalue weighted by atomic mass is 10.1. The number of piperidine rings is 1. The van der Waals surface area contributed by atoms with Crippen LogP contribution in [0.4, 0.5) is 5.69 Å². The molecule has 1 saturated heterocycles. The predicted octanol–water partition coefficient (Wildman–Crippen LogP) is 2.85. The largest absolute Gasteiger partial charge is 0.465 e. The lowest BCUT2D eigenvalue weighted by molar-refractivity contribution is -0.132. The number of para-hydroxylation sites is 1. The lowest BCUT2D eigenvalue weighted by Crippen LogP contribution is -2.37. The highest BCUT2D eigenvalue weighted by Gasteiger charge is 2.26. The van der Waals surface area contributed by atoms with Crippen LogP contribution in [0.25, 0.3) is 10.9 Å². The van der Waals surface area contributed by atoms with Crippen LogP contribution in [0.15, 0.2) is 59.6 Å². The van der Waals surface area contributed by atoms with Crippen LogP contribution in [0.5, 0.6) is 0 Å². The van der Waals surface area contributed by atoms with Gasteiger partial charge in [0.05, 0.1) is 17.6 Å². The van der Waals surface area contributed by atoms with Gasteiger partial charge in [-0.1, -0.05) is 18.2 Å². The Kier molecular flexibility index (Phi) is 7.20. The van der Waals surface area contributed by atoms with Crippen LogP contribution >= 0.6 is 0 Å². The van der Waals surface area contributed by atoms with E-state index in [1.165, 1.54) is 37.6 Å². The lowest BCUT2D eigenvalue weighted by Gasteiger charge is -2.27. The third kappa shape index (κ3) is 5.54. The van der Waals surface area contributed by atoms with E-state index in [1.807, 2.05) is 4.90 Å². The second-order valence-corrected chi connectivity index (χ2v) is 10.4. The molecule has 1 aliphatic rings. The summed E-state index contributed by atoms with van der Waals surface area (Å²) in [5.74, 6) is -2.04. The van der Waals surface area contributed by atoms with Gasteiger partial charge in [-0.3, -0.25) is 9.59 Å². The van der Waals surface area contributed by atoms with Crippen LogP contribution in [0.2, 0.25) is 0 Å². The van der Waals surface area contributed by atoms with E-state index < -0.39 is 27.5 Å². The van der Waals surface area contributed by atoms with Crippen LogP contribution < -0.4 is 5.32 Å². The van der Waals surface area contributed by atoms with Crippen molar-refractivity contribution < 1.29 is 27.5 Å². The molecule has 184 valence electrons. The summed E-state index contributed by atoms with van der Waals surface area (Å²) in [7, 11) is -2.74. The van der Waals surface area contributed by atoms with E-state index in [-0.39, 0.29) is 17.3 Å². The predicted molar refractivity (Wildman–Crippen MR) is 131 cm³/mol. The molecule has 3 aromatic rings. The monoisotopic (exact) mass is 497 g/mol. The first kappa shape index (κ1) is 24.5. The number of rotatable bonds is 7. The highest BCUT2D eigenvalue weighted by atomic mass is 32.2. The van der Waals surface area contributed by atoms with Gasteiger partial charge in [0.2, 0.25) is 11.8 Å². The topological polar surface area (TPSA) is 115 Å². The minimum absolute atomic E-state index is 0.00994. The van der Waals surface area contributed by atoms with Crippen molar-refractivity contribution in [3.05, 3.63) is 60.3 Å². The summed E-state index contributed by atoms with van der Waals surface area (Å²) in [4.78, 5) is 38.7. The number of benzene rings is 2. The molecule has 2 aromatic carbocycles. The van der Waals surface area contributed by atoms with Crippen LogP contribution in [0, 0.1) is 0 Å². The molecule has 0 atom stereocenters. The van der Waals surface area contributed by atoms with Gasteiger partial charge in [-0.05, 0) is 49.6 Å². The number of carbonyl (C=O) groups excluding carboxylic acids is 3. The molecule has 35 heavy (non-hydrogen) atoms. The number of esters is 1. The molecular weight excluding hydrogens is 470 g/mol. The molecule has 1 fully saturated rings. The average Bonchev–Trinajstić information content (AvgIpc) is 3.23. The third-order valence-electron chi connectivity index (χ3n) is 6.01. The maximum atomic E-state index is 13.2. The number of anilines is 1. The van der Waals surface area contributed by atoms with Crippen molar-refractivity contribution in [1.82, 2.24) is 9.47 Å². The van der Waals surface area contributed by atoms with Gasteiger partial charge in [0.25, 0.3) is 0 Å². The fraction of sp³-hybridized carbons (Fsp3) is 0.320. The Labute approximate surface area is 203 Å². The summed E-state index contributed by atoms with van der Waals surface area (Å²) in [6, 6.07) is 12.9. The van der Waals surface area contributed by atoms with Gasteiger partial charge >= 0.3 is 5.97 Å². The molecule has 0 saturated carbocycles. The molecule has 0 unspecified atom stereocenters. The summed E-state index contributed by atoms with van der Waals surface area (Å²) < 4.78 is 32.7. The van der Waals surface area contributed by atoms with Gasteiger partial charge in [-0.2, -0.15) is 0 Å². The minimum atomic E-state index is -4.00. The van der Waals surface area contributed by atoms with Gasteiger partial charge in [-0.15, -0.1) is 0 Å². The number of hydrogen-bond donors (Lipinski definition) is 1. The first-order chi connectivity index (χ1) is 16.8. The Hall–Kier alpha value is -3.66. The summed E-state index contributed by atoms with van der Waals surface area (Å²) in [6.07, 6.45) is 4.49. The van der Waals surface area contributed by atoms with Crippen molar-refractivity contribution in [2.45, 2.75) is 30.7 Å². The molecule has 0 spiro atoms. The minimum Gasteiger partial charge on any atom is -0.465 e. The molecule has 1 N–H and O–H groups in total. The Morgan fingerprint density at radius 3 is 2.34 bits per heavy atom. The standard InChI is InChI=1S/C25H27N3O6S/c1-34-25(31)18-9-11-19(12-10-18)26-23(29)17-35(32,33)22-15-28(21-8-4-3-7-20(21)22)16-24(30)27-13-5-2-6-14-27/h3-4,7-12,15H,2,5-6,13-14,16-17H2,1H3,(H,26,29). The van der Waals surface area contributed by atoms with Crippen molar-refractivity contribution in [3.8, 4) is 0 Å². The Balaban J connectivity index is 1.52. The van der Waals surface area contributed by atoms with Gasteiger partial charge in [-0.25, -0.2) is 13.2 Å². The van der Waals surface area contributed by atoms with Crippen molar-refractivity contribution in [2.24, 2.45) is 0 Å². The quantitative estimate of drug-likeness (QED) is 0.502. The average molecular weight is 498 g/mol. The van der Waals surface area contributed by atoms with Crippen LogP contribution in [0.3, 0.4) is 0 Å². The number of methoxy groups -OCH3 is 1. The third-order valence-corrected chi connectivity index (χ3v) is 7.65. The van der Waals surface area contributed by atoms with E-state index in [1.54, 1.807) is 28.8 Å². The first-order valence-corrected chi connectivity index (χ1v) is 13.0. The number of sulfone groups is 1. The maximum Gasteiger partial charge on any atom is 0.337 e. The molecule has 0 aliphatic carbocycles. The van der Waals surface area contributed by atoms with Crippen LogP contribution in [-0.4, -0.2) is 61.6 Å².